The number of alkyl halides is 3. The van der Waals surface area contributed by atoms with Gasteiger partial charge >= 0.3 is 12.1 Å². The van der Waals surface area contributed by atoms with Crippen LogP contribution in [0.5, 0.6) is 11.5 Å². The quantitative estimate of drug-likeness (QED) is 0.0676. The number of carbonyl (C=O) groups excluding carboxylic acids is 5. The van der Waals surface area contributed by atoms with E-state index in [-0.39, 0.29) is 56.3 Å². The van der Waals surface area contributed by atoms with Crippen molar-refractivity contribution in [3.63, 3.8) is 0 Å². The van der Waals surface area contributed by atoms with Crippen molar-refractivity contribution in [3.05, 3.63) is 135 Å². The predicted molar refractivity (Wildman–Crippen MR) is 313 cm³/mol. The van der Waals surface area contributed by atoms with E-state index in [4.69, 9.17) is 42.6 Å². The van der Waals surface area contributed by atoms with E-state index in [1.165, 1.54) is 23.1 Å². The average molecular weight is 1220 g/mol. The van der Waals surface area contributed by atoms with Crippen molar-refractivity contribution in [1.82, 2.24) is 44.7 Å². The number of halogens is 5. The number of nitrogens with one attached hydrogen (secondary N) is 2. The van der Waals surface area contributed by atoms with Crippen LogP contribution in [0.1, 0.15) is 67.6 Å². The molecule has 2 fully saturated rings. The maximum atomic E-state index is 15.7. The van der Waals surface area contributed by atoms with Crippen LogP contribution < -0.4 is 20.1 Å². The number of ether oxygens (including phenoxy) is 2. The van der Waals surface area contributed by atoms with Crippen LogP contribution in [0.4, 0.5) is 13.2 Å². The van der Waals surface area contributed by atoms with Crippen LogP contribution in [0.2, 0.25) is 10.0 Å². The second-order valence-corrected chi connectivity index (χ2v) is 22.8. The van der Waals surface area contributed by atoms with Crippen molar-refractivity contribution in [1.29, 1.82) is 0 Å². The molecule has 20 nitrogen and oxygen atoms in total. The highest BCUT2D eigenvalue weighted by molar-refractivity contribution is 6.31. The molecule has 1 aliphatic heterocycles. The molecule has 85 heavy (non-hydrogen) atoms. The number of hydrogen-bond donors (Lipinski definition) is 3. The highest BCUT2D eigenvalue weighted by atomic mass is 35.5. The summed E-state index contributed by atoms with van der Waals surface area (Å²) in [6, 6.07) is 20.6. The fourth-order valence-corrected chi connectivity index (χ4v) is 10.8. The topological polar surface area (TPSA) is 226 Å². The Hall–Kier alpha value is -7.31. The van der Waals surface area contributed by atoms with Gasteiger partial charge in [-0.3, -0.25) is 24.0 Å². The van der Waals surface area contributed by atoms with E-state index in [0.717, 1.165) is 35.5 Å². The van der Waals surface area contributed by atoms with E-state index in [9.17, 15) is 28.0 Å². The van der Waals surface area contributed by atoms with Gasteiger partial charge in [-0.2, -0.15) is 17.9 Å². The highest BCUT2D eigenvalue weighted by Gasteiger charge is 2.41. The van der Waals surface area contributed by atoms with Gasteiger partial charge in [0.1, 0.15) is 29.4 Å². The summed E-state index contributed by atoms with van der Waals surface area (Å²) < 4.78 is 46.7. The number of pyridine rings is 1. The molecule has 0 bridgehead atoms. The predicted octanol–water partition coefficient (Wildman–Crippen LogP) is 6.90. The summed E-state index contributed by atoms with van der Waals surface area (Å²) in [5.74, 6) is -4.56. The maximum absolute atomic E-state index is 15.7. The molecule has 6 atom stereocenters. The second kappa shape index (κ2) is 30.7. The summed E-state index contributed by atoms with van der Waals surface area (Å²) in [5.41, 5.74) is 3.44. The summed E-state index contributed by atoms with van der Waals surface area (Å²) in [7, 11) is 14.4. The van der Waals surface area contributed by atoms with E-state index < -0.39 is 72.4 Å². The number of methoxy groups -OCH3 is 1. The maximum Gasteiger partial charge on any atom is 0.490 e. The number of carboxylic acid groups (broad SMARTS) is 1. The molecule has 0 spiro atoms. The summed E-state index contributed by atoms with van der Waals surface area (Å²) in [5, 5.41) is 27.5. The first-order chi connectivity index (χ1) is 40.2. The minimum absolute atomic E-state index is 0.0921. The standard InChI is InChI=1S/C58H74Cl2N10O8.C2HF3O2/c1-64(2)28-26-50-56(73)63-48(37-77-8)58(75)66(5)45(29-38-16-21-42(59)22-17-38)33-54(71)62-47-14-9-10-15-49(47)68(7)57(74)41(30-44-13-11-12-27-70(44)76)31-55(72)69(50)35-40-18-23-43(60)32-52(40)78-46-24-19-39(20-25-46)51-34-61-53(67(51)6)36-65(3)4;3-2(4,5)1(6)7/h11-13,16-25,27,32,34,41,45,47-50H,9-10,14-15,26,28-31,33,35-37H2,1-8H3,(H,62,71)(H,63,73);(H,6,7)/t41-,45+,47+,48+,49+,50+;/m1./s1. The Morgan fingerprint density at radius 3 is 2.15 bits per heavy atom. The third-order valence-electron chi connectivity index (χ3n) is 15.1. The van der Waals surface area contributed by atoms with Gasteiger partial charge in [0.05, 0.1) is 43.5 Å². The van der Waals surface area contributed by atoms with Crippen LogP contribution in [0.25, 0.3) is 11.3 Å². The number of likely N-dealkylation sites (N-methyl/N-ethyl adjacent to an activating group) is 2. The zero-order valence-corrected chi connectivity index (χ0v) is 50.5. The number of nitrogens with zero attached hydrogens (tertiary/aromatic N) is 8. The Morgan fingerprint density at radius 2 is 1.52 bits per heavy atom. The normalized spacial score (nSPS) is 20.5. The molecule has 5 amide bonds. The van der Waals surface area contributed by atoms with E-state index in [1.54, 1.807) is 67.5 Å². The minimum Gasteiger partial charge on any atom is -0.619 e. The number of fused-ring (bicyclic) bond motifs is 1. The van der Waals surface area contributed by atoms with Gasteiger partial charge in [0, 0.05) is 92.9 Å². The minimum atomic E-state index is -5.08. The molecular weight excluding hydrogens is 1150 g/mol. The first-order valence-corrected chi connectivity index (χ1v) is 28.5. The van der Waals surface area contributed by atoms with E-state index in [2.05, 4.69) is 20.5 Å². The van der Waals surface area contributed by atoms with E-state index in [1.807, 2.05) is 87.3 Å². The number of amides is 5. The van der Waals surface area contributed by atoms with Gasteiger partial charge in [-0.15, -0.1) is 0 Å². The number of imidazole rings is 1. The van der Waals surface area contributed by atoms with E-state index in [0.29, 0.717) is 57.8 Å². The molecule has 7 rings (SSSR count). The Morgan fingerprint density at radius 1 is 0.847 bits per heavy atom. The van der Waals surface area contributed by atoms with Crippen LogP contribution in [-0.2, 0) is 66.5 Å². The van der Waals surface area contributed by atoms with Crippen LogP contribution in [-0.4, -0.2) is 174 Å². The second-order valence-electron chi connectivity index (χ2n) is 21.9. The van der Waals surface area contributed by atoms with Gasteiger partial charge in [-0.1, -0.05) is 60.3 Å². The molecule has 1 aliphatic carbocycles. The number of carbonyl (C=O) groups is 6. The Labute approximate surface area is 503 Å². The van der Waals surface area contributed by atoms with Gasteiger partial charge < -0.3 is 59.5 Å². The SMILES string of the molecule is COC[C@@H]1NC(=O)[C@H](CCN(C)C)N(Cc2ccc(Cl)cc2Oc2ccc(-c3cnc(CN(C)C)n3C)cc2)C(=O)C[C@@H](Cc2cccc[n+]2[O-])C(=O)N(C)[C@H]2CCCC[C@@H]2NC(=O)C[C@H](Cc2ccc(Cl)cc2)N(C)C1=O.O=C(O)C(F)(F)F. The Balaban J connectivity index is 0.00000155. The lowest BCUT2D eigenvalue weighted by Gasteiger charge is -2.40. The van der Waals surface area contributed by atoms with Crippen LogP contribution in [0.15, 0.2) is 97.3 Å². The van der Waals surface area contributed by atoms with Crippen molar-refractivity contribution in [2.24, 2.45) is 13.0 Å². The number of benzene rings is 3. The average Bonchev–Trinajstić information content (AvgIpc) is 3.29. The molecule has 25 heteroatoms. The number of aromatic nitrogens is 3. The third-order valence-corrected chi connectivity index (χ3v) is 15.6. The molecule has 3 aromatic carbocycles. The fraction of sp³-hybridized carbons (Fsp3) is 0.467. The summed E-state index contributed by atoms with van der Waals surface area (Å²) in [6.07, 6.45) is 0.654. The summed E-state index contributed by atoms with van der Waals surface area (Å²) in [6.45, 7) is 0.588. The molecule has 0 unspecified atom stereocenters. The van der Waals surface area contributed by atoms with Gasteiger partial charge in [-0.05, 0) is 115 Å². The van der Waals surface area contributed by atoms with Gasteiger partial charge in [0.2, 0.25) is 29.5 Å². The zero-order chi connectivity index (χ0) is 62.3. The first-order valence-electron chi connectivity index (χ1n) is 27.7. The lowest BCUT2D eigenvalue weighted by Crippen LogP contribution is -2.59. The van der Waals surface area contributed by atoms with Gasteiger partial charge in [0.15, 0.2) is 11.9 Å². The molecule has 0 radical (unpaired) electrons. The number of rotatable bonds is 16. The summed E-state index contributed by atoms with van der Waals surface area (Å²) >= 11 is 13.0. The molecular formula is C60H75Cl2F3N10O10. The number of carboxylic acids is 1. The molecule has 2 aromatic heterocycles. The fourth-order valence-electron chi connectivity index (χ4n) is 10.5. The zero-order valence-electron chi connectivity index (χ0n) is 49.0. The number of aliphatic carboxylic acids is 1. The molecule has 3 heterocycles. The summed E-state index contributed by atoms with van der Waals surface area (Å²) in [4.78, 5) is 97.4. The molecule has 2 aliphatic rings. The largest absolute Gasteiger partial charge is 0.619 e. The molecule has 5 aromatic rings. The molecule has 3 N–H and O–H groups in total. The van der Waals surface area contributed by atoms with Crippen molar-refractivity contribution in [3.8, 4) is 22.8 Å². The third kappa shape index (κ3) is 18.8. The Bertz CT molecular complexity index is 3100. The molecule has 1 saturated carbocycles. The van der Waals surface area contributed by atoms with Crippen molar-refractivity contribution in [2.75, 3.05) is 62.5 Å². The van der Waals surface area contributed by atoms with Crippen LogP contribution in [0, 0.1) is 11.1 Å². The highest BCUT2D eigenvalue weighted by Crippen LogP contribution is 2.34. The number of hydrogen-bond acceptors (Lipinski definition) is 12. The smallest absolute Gasteiger partial charge is 0.490 e. The monoisotopic (exact) mass is 1220 g/mol. The van der Waals surface area contributed by atoms with Gasteiger partial charge in [-0.25, -0.2) is 9.78 Å². The molecule has 460 valence electrons. The van der Waals surface area contributed by atoms with Crippen molar-refractivity contribution < 1.29 is 61.2 Å². The van der Waals surface area contributed by atoms with Crippen LogP contribution in [0.3, 0.4) is 0 Å². The van der Waals surface area contributed by atoms with Crippen molar-refractivity contribution in [2.45, 2.75) is 107 Å². The van der Waals surface area contributed by atoms with Crippen molar-refractivity contribution >= 4 is 58.7 Å². The van der Waals surface area contributed by atoms with Crippen LogP contribution >= 0.6 is 23.2 Å². The lowest BCUT2D eigenvalue weighted by atomic mass is 9.87. The Kier molecular flexibility index (Phi) is 24.1. The van der Waals surface area contributed by atoms with E-state index >= 15 is 14.4 Å². The lowest BCUT2D eigenvalue weighted by molar-refractivity contribution is -0.614. The van der Waals surface area contributed by atoms with Gasteiger partial charge in [0.25, 0.3) is 0 Å². The first kappa shape index (κ1) is 66.8. The molecule has 1 saturated heterocycles.